The summed E-state index contributed by atoms with van der Waals surface area (Å²) >= 11 is 1.91. The fraction of sp³-hybridized carbons (Fsp3) is 0. The maximum Gasteiger partial charge on any atom is 0.0562 e. The van der Waals surface area contributed by atoms with Crippen molar-refractivity contribution in [2.45, 2.75) is 0 Å². The average Bonchev–Trinajstić information content (AvgIpc) is 3.71. The summed E-state index contributed by atoms with van der Waals surface area (Å²) < 4.78 is 7.59. The first-order chi connectivity index (χ1) is 21.3. The molecule has 3 aromatic heterocycles. The summed E-state index contributed by atoms with van der Waals surface area (Å²) in [6, 6.07) is 53.3. The molecule has 0 fully saturated rings. The van der Waals surface area contributed by atoms with Crippen molar-refractivity contribution < 1.29 is 0 Å². The van der Waals surface area contributed by atoms with Gasteiger partial charge in [-0.3, -0.25) is 0 Å². The lowest BCUT2D eigenvalue weighted by Gasteiger charge is -2.10. The topological polar surface area (TPSA) is 9.86 Å². The lowest BCUT2D eigenvalue weighted by Crippen LogP contribution is -1.95. The summed E-state index contributed by atoms with van der Waals surface area (Å²) in [5.74, 6) is 0. The van der Waals surface area contributed by atoms with Gasteiger partial charge in [-0.05, 0) is 65.4 Å². The maximum atomic E-state index is 2.48. The van der Waals surface area contributed by atoms with E-state index in [9.17, 15) is 0 Å². The largest absolute Gasteiger partial charge is 0.309 e. The van der Waals surface area contributed by atoms with E-state index >= 15 is 0 Å². The average molecular weight is 565 g/mol. The van der Waals surface area contributed by atoms with Gasteiger partial charge in [0.15, 0.2) is 0 Å². The summed E-state index contributed by atoms with van der Waals surface area (Å²) in [6.07, 6.45) is 0. The molecule has 200 valence electrons. The highest BCUT2D eigenvalue weighted by atomic mass is 32.1. The third kappa shape index (κ3) is 3.12. The zero-order valence-corrected chi connectivity index (χ0v) is 24.0. The third-order valence-corrected chi connectivity index (χ3v) is 10.3. The molecule has 0 saturated carbocycles. The van der Waals surface area contributed by atoms with Crippen LogP contribution in [0.5, 0.6) is 0 Å². The zero-order chi connectivity index (χ0) is 28.1. The molecule has 7 aromatic carbocycles. The fourth-order valence-electron chi connectivity index (χ4n) is 7.27. The second-order valence-electron chi connectivity index (χ2n) is 11.3. The molecule has 0 radical (unpaired) electrons. The molecule has 0 aliphatic heterocycles. The number of hydrogen-bond donors (Lipinski definition) is 0. The molecule has 2 nitrogen and oxygen atoms in total. The van der Waals surface area contributed by atoms with E-state index in [0.29, 0.717) is 0 Å². The predicted octanol–water partition coefficient (Wildman–Crippen LogP) is 11.4. The monoisotopic (exact) mass is 564 g/mol. The van der Waals surface area contributed by atoms with Gasteiger partial charge in [-0.25, -0.2) is 0 Å². The van der Waals surface area contributed by atoms with Crippen LogP contribution in [0, 0.1) is 0 Å². The molecule has 43 heavy (non-hydrogen) atoms. The first-order valence-electron chi connectivity index (χ1n) is 14.7. The number of rotatable bonds is 2. The number of hydrogen-bond acceptors (Lipinski definition) is 1. The van der Waals surface area contributed by atoms with Gasteiger partial charge in [0.05, 0.1) is 22.1 Å². The minimum absolute atomic E-state index is 1.17. The Morgan fingerprint density at radius 1 is 0.372 bits per heavy atom. The van der Waals surface area contributed by atoms with Crippen LogP contribution < -0.4 is 0 Å². The van der Waals surface area contributed by atoms with Gasteiger partial charge in [0.25, 0.3) is 0 Å². The third-order valence-electron chi connectivity index (χ3n) is 9.08. The molecule has 0 aliphatic rings. The van der Waals surface area contributed by atoms with Crippen LogP contribution in [-0.4, -0.2) is 9.13 Å². The minimum Gasteiger partial charge on any atom is -0.309 e. The van der Waals surface area contributed by atoms with Crippen molar-refractivity contribution in [3.8, 4) is 11.4 Å². The van der Waals surface area contributed by atoms with Crippen molar-refractivity contribution in [3.63, 3.8) is 0 Å². The summed E-state index contributed by atoms with van der Waals surface area (Å²) in [5.41, 5.74) is 7.27. The molecule has 0 bridgehead atoms. The molecule has 0 saturated heterocycles. The Labute approximate surface area is 251 Å². The van der Waals surface area contributed by atoms with Crippen molar-refractivity contribution in [2.75, 3.05) is 0 Å². The van der Waals surface area contributed by atoms with E-state index in [2.05, 4.69) is 155 Å². The van der Waals surface area contributed by atoms with Gasteiger partial charge in [0.1, 0.15) is 0 Å². The quantitative estimate of drug-likeness (QED) is 0.198. The van der Waals surface area contributed by atoms with Crippen LogP contribution in [0.15, 0.2) is 146 Å². The number of benzene rings is 7. The van der Waals surface area contributed by atoms with E-state index < -0.39 is 0 Å². The summed E-state index contributed by atoms with van der Waals surface area (Å²) in [7, 11) is 0. The fourth-order valence-corrected chi connectivity index (χ4v) is 8.53. The van der Waals surface area contributed by atoms with Crippen LogP contribution in [0.25, 0.3) is 85.9 Å². The van der Waals surface area contributed by atoms with Crippen molar-refractivity contribution in [2.24, 2.45) is 0 Å². The van der Waals surface area contributed by atoms with Crippen LogP contribution in [-0.2, 0) is 0 Å². The number of thiophene rings is 1. The van der Waals surface area contributed by atoms with Crippen LogP contribution >= 0.6 is 11.3 Å². The Morgan fingerprint density at radius 3 is 1.70 bits per heavy atom. The second-order valence-corrected chi connectivity index (χ2v) is 12.4. The first-order valence-corrected chi connectivity index (χ1v) is 15.5. The Balaban J connectivity index is 1.48. The van der Waals surface area contributed by atoms with Crippen molar-refractivity contribution in [1.82, 2.24) is 9.13 Å². The number of aromatic nitrogens is 2. The van der Waals surface area contributed by atoms with Crippen LogP contribution in [0.1, 0.15) is 0 Å². The predicted molar refractivity (Wildman–Crippen MR) is 186 cm³/mol. The molecule has 0 spiro atoms. The second kappa shape index (κ2) is 8.57. The summed E-state index contributed by atoms with van der Waals surface area (Å²) in [6.45, 7) is 0. The van der Waals surface area contributed by atoms with Crippen molar-refractivity contribution in [1.29, 1.82) is 0 Å². The standard InChI is InChI=1S/C40H24N2S/c1-3-12-26(13-4-1)41-33-21-19-25-11-7-8-16-28(25)38(33)31-23-32-36(24-35(31)41)42(27-14-5-2-6-15-27)34-22-20-30-29-17-9-10-18-37(29)43-40(30)39(32)34/h1-24H. The van der Waals surface area contributed by atoms with Crippen LogP contribution in [0.2, 0.25) is 0 Å². The van der Waals surface area contributed by atoms with E-state index in [1.54, 1.807) is 0 Å². The lowest BCUT2D eigenvalue weighted by molar-refractivity contribution is 1.17. The summed E-state index contributed by atoms with van der Waals surface area (Å²) in [4.78, 5) is 0. The highest BCUT2D eigenvalue weighted by Gasteiger charge is 2.21. The van der Waals surface area contributed by atoms with Crippen molar-refractivity contribution in [3.05, 3.63) is 146 Å². The van der Waals surface area contributed by atoms with Crippen LogP contribution in [0.4, 0.5) is 0 Å². The Bertz CT molecular complexity index is 2710. The molecular weight excluding hydrogens is 541 g/mol. The molecule has 0 N–H and O–H groups in total. The van der Waals surface area contributed by atoms with E-state index in [1.165, 1.54) is 85.9 Å². The lowest BCUT2D eigenvalue weighted by atomic mass is 10.0. The van der Waals surface area contributed by atoms with Gasteiger partial charge in [-0.1, -0.05) is 91.0 Å². The molecular formula is C40H24N2S. The molecule has 0 amide bonds. The van der Waals surface area contributed by atoms with E-state index in [1.807, 2.05) is 11.3 Å². The Hall–Kier alpha value is -5.38. The summed E-state index contributed by atoms with van der Waals surface area (Å²) in [5, 5.41) is 10.4. The van der Waals surface area contributed by atoms with Gasteiger partial charge in [-0.15, -0.1) is 11.3 Å². The highest BCUT2D eigenvalue weighted by Crippen LogP contribution is 2.46. The molecule has 3 heterocycles. The van der Waals surface area contributed by atoms with Gasteiger partial charge in [0, 0.05) is 53.1 Å². The Morgan fingerprint density at radius 2 is 0.953 bits per heavy atom. The zero-order valence-electron chi connectivity index (χ0n) is 23.2. The van der Waals surface area contributed by atoms with Crippen molar-refractivity contribution >= 4 is 85.9 Å². The van der Waals surface area contributed by atoms with Gasteiger partial charge >= 0.3 is 0 Å². The Kier molecular flexibility index (Phi) is 4.63. The van der Waals surface area contributed by atoms with Crippen LogP contribution in [0.3, 0.4) is 0 Å². The molecule has 0 aliphatic carbocycles. The molecule has 0 atom stereocenters. The number of para-hydroxylation sites is 2. The number of fused-ring (bicyclic) bond motifs is 12. The SMILES string of the molecule is c1ccc(-n2c3cc4c(cc3c3c5ccccc5ccc32)c2c3sc5ccccc5c3ccc2n4-c2ccccc2)cc1. The normalized spacial score (nSPS) is 12.2. The molecule has 10 aromatic rings. The number of nitrogens with zero attached hydrogens (tertiary/aromatic N) is 2. The first kappa shape index (κ1) is 23.2. The van der Waals surface area contributed by atoms with Gasteiger partial charge < -0.3 is 9.13 Å². The molecule has 10 rings (SSSR count). The van der Waals surface area contributed by atoms with Gasteiger partial charge in [0.2, 0.25) is 0 Å². The van der Waals surface area contributed by atoms with E-state index in [4.69, 9.17) is 0 Å². The molecule has 3 heteroatoms. The van der Waals surface area contributed by atoms with E-state index in [0.717, 1.165) is 0 Å². The highest BCUT2D eigenvalue weighted by molar-refractivity contribution is 7.26. The maximum absolute atomic E-state index is 2.48. The van der Waals surface area contributed by atoms with Gasteiger partial charge in [-0.2, -0.15) is 0 Å². The molecule has 0 unspecified atom stereocenters. The van der Waals surface area contributed by atoms with E-state index in [-0.39, 0.29) is 0 Å². The smallest absolute Gasteiger partial charge is 0.0562 e. The minimum atomic E-state index is 1.17.